The number of para-hydroxylation sites is 1. The van der Waals surface area contributed by atoms with Crippen LogP contribution >= 0.6 is 34.9 Å². The number of nitrogens with zero attached hydrogens (tertiary/aromatic N) is 5. The van der Waals surface area contributed by atoms with Crippen molar-refractivity contribution in [2.24, 2.45) is 0 Å². The molecule has 0 atom stereocenters. The van der Waals surface area contributed by atoms with Crippen LogP contribution in [0.3, 0.4) is 0 Å². The normalized spacial score (nSPS) is 10.8. The Kier molecular flexibility index (Phi) is 6.28. The minimum absolute atomic E-state index is 0.272. The molecule has 0 fully saturated rings. The number of benzene rings is 2. The molecular formula is C19H16ClN5O2S2. The molecule has 29 heavy (non-hydrogen) atoms. The first kappa shape index (κ1) is 19.7. The standard InChI is InChI=1S/C19H16ClN5O2S2/c1-26-14-7-9-15(10-8-14)27-11-17-22-23-19(25(17)13-5-3-2-4-6-13)28-12-16-18(20)29-24-21-16/h2-10H,11-12H2,1H3. The lowest BCUT2D eigenvalue weighted by Gasteiger charge is -2.11. The van der Waals surface area contributed by atoms with Crippen molar-refractivity contribution in [3.05, 3.63) is 70.5 Å². The summed E-state index contributed by atoms with van der Waals surface area (Å²) in [6, 6.07) is 17.3. The third-order valence-corrected chi connectivity index (χ3v) is 5.91. The predicted octanol–water partition coefficient (Wildman–Crippen LogP) is 4.65. The van der Waals surface area contributed by atoms with E-state index in [0.29, 0.717) is 15.9 Å². The van der Waals surface area contributed by atoms with Gasteiger partial charge in [0.25, 0.3) is 0 Å². The average Bonchev–Trinajstić information content (AvgIpc) is 3.37. The Bertz CT molecular complexity index is 1070. The van der Waals surface area contributed by atoms with Gasteiger partial charge in [-0.3, -0.25) is 4.57 Å². The zero-order chi connectivity index (χ0) is 20.1. The van der Waals surface area contributed by atoms with Crippen LogP contribution in [0.1, 0.15) is 11.5 Å². The third-order valence-electron chi connectivity index (χ3n) is 3.99. The van der Waals surface area contributed by atoms with Crippen LogP contribution in [0.5, 0.6) is 11.5 Å². The Labute approximate surface area is 180 Å². The average molecular weight is 446 g/mol. The van der Waals surface area contributed by atoms with Gasteiger partial charge in [-0.15, -0.1) is 15.3 Å². The minimum atomic E-state index is 0.272. The number of ether oxygens (including phenoxy) is 2. The summed E-state index contributed by atoms with van der Waals surface area (Å²) in [5.74, 6) is 2.75. The number of halogens is 1. The smallest absolute Gasteiger partial charge is 0.196 e. The zero-order valence-corrected chi connectivity index (χ0v) is 17.7. The summed E-state index contributed by atoms with van der Waals surface area (Å²) in [4.78, 5) is 0. The van der Waals surface area contributed by atoms with E-state index in [0.717, 1.165) is 28.0 Å². The molecule has 2 aromatic carbocycles. The second-order valence-corrected chi connectivity index (χ2v) is 8.11. The van der Waals surface area contributed by atoms with Gasteiger partial charge in [0.05, 0.1) is 7.11 Å². The molecule has 0 saturated carbocycles. The number of rotatable bonds is 8. The van der Waals surface area contributed by atoms with E-state index in [1.807, 2.05) is 59.2 Å². The highest BCUT2D eigenvalue weighted by molar-refractivity contribution is 7.98. The van der Waals surface area contributed by atoms with Gasteiger partial charge < -0.3 is 9.47 Å². The molecule has 0 aliphatic carbocycles. The van der Waals surface area contributed by atoms with Crippen molar-refractivity contribution in [1.82, 2.24) is 24.4 Å². The quantitative estimate of drug-likeness (QED) is 0.365. The highest BCUT2D eigenvalue weighted by Gasteiger charge is 2.16. The molecule has 0 aliphatic rings. The zero-order valence-electron chi connectivity index (χ0n) is 15.4. The van der Waals surface area contributed by atoms with Gasteiger partial charge >= 0.3 is 0 Å². The molecule has 7 nitrogen and oxygen atoms in total. The number of thioether (sulfide) groups is 1. The van der Waals surface area contributed by atoms with E-state index < -0.39 is 0 Å². The van der Waals surface area contributed by atoms with Gasteiger partial charge in [-0.05, 0) is 36.4 Å². The Morgan fingerprint density at radius 1 is 1.00 bits per heavy atom. The van der Waals surface area contributed by atoms with Crippen LogP contribution < -0.4 is 9.47 Å². The van der Waals surface area contributed by atoms with Crippen LogP contribution in [-0.4, -0.2) is 31.5 Å². The Morgan fingerprint density at radius 3 is 2.45 bits per heavy atom. The first-order valence-corrected chi connectivity index (χ1v) is 10.7. The summed E-state index contributed by atoms with van der Waals surface area (Å²) < 4.78 is 17.5. The lowest BCUT2D eigenvalue weighted by atomic mass is 10.3. The molecule has 148 valence electrons. The fourth-order valence-electron chi connectivity index (χ4n) is 2.56. The molecule has 2 heterocycles. The molecule has 4 aromatic rings. The third kappa shape index (κ3) is 4.69. The van der Waals surface area contributed by atoms with Crippen molar-refractivity contribution in [1.29, 1.82) is 0 Å². The lowest BCUT2D eigenvalue weighted by molar-refractivity contribution is 0.292. The molecule has 10 heteroatoms. The topological polar surface area (TPSA) is 75.0 Å². The molecule has 2 aromatic heterocycles. The van der Waals surface area contributed by atoms with Gasteiger partial charge in [-0.25, -0.2) is 0 Å². The van der Waals surface area contributed by atoms with E-state index >= 15 is 0 Å². The second kappa shape index (κ2) is 9.25. The van der Waals surface area contributed by atoms with Gasteiger partial charge in [-0.1, -0.05) is 46.1 Å². The van der Waals surface area contributed by atoms with E-state index in [-0.39, 0.29) is 6.61 Å². The fraction of sp³-hybridized carbons (Fsp3) is 0.158. The number of hydrogen-bond acceptors (Lipinski definition) is 8. The second-order valence-electron chi connectivity index (χ2n) is 5.82. The van der Waals surface area contributed by atoms with Crippen molar-refractivity contribution in [3.8, 4) is 17.2 Å². The largest absolute Gasteiger partial charge is 0.497 e. The monoisotopic (exact) mass is 445 g/mol. The van der Waals surface area contributed by atoms with Crippen LogP contribution in [0.25, 0.3) is 5.69 Å². The van der Waals surface area contributed by atoms with Crippen molar-refractivity contribution >= 4 is 34.9 Å². The van der Waals surface area contributed by atoms with E-state index in [9.17, 15) is 0 Å². The summed E-state index contributed by atoms with van der Waals surface area (Å²) in [5.41, 5.74) is 1.69. The molecule has 0 bridgehead atoms. The van der Waals surface area contributed by atoms with Gasteiger partial charge in [0.15, 0.2) is 11.0 Å². The maximum atomic E-state index is 6.12. The molecular weight excluding hydrogens is 430 g/mol. The molecule has 0 spiro atoms. The Hall–Kier alpha value is -2.62. The van der Waals surface area contributed by atoms with Gasteiger partial charge in [-0.2, -0.15) is 0 Å². The molecule has 0 N–H and O–H groups in total. The van der Waals surface area contributed by atoms with E-state index in [4.69, 9.17) is 21.1 Å². The number of methoxy groups -OCH3 is 1. The minimum Gasteiger partial charge on any atom is -0.497 e. The van der Waals surface area contributed by atoms with Gasteiger partial charge in [0.2, 0.25) is 0 Å². The summed E-state index contributed by atoms with van der Waals surface area (Å²) >= 11 is 8.79. The van der Waals surface area contributed by atoms with E-state index in [2.05, 4.69) is 19.8 Å². The first-order valence-electron chi connectivity index (χ1n) is 8.60. The van der Waals surface area contributed by atoms with Crippen molar-refractivity contribution in [3.63, 3.8) is 0 Å². The highest BCUT2D eigenvalue weighted by Crippen LogP contribution is 2.29. The summed E-state index contributed by atoms with van der Waals surface area (Å²) in [6.45, 7) is 0.272. The molecule has 0 radical (unpaired) electrons. The van der Waals surface area contributed by atoms with Crippen molar-refractivity contribution < 1.29 is 9.47 Å². The van der Waals surface area contributed by atoms with E-state index in [1.54, 1.807) is 7.11 Å². The number of hydrogen-bond donors (Lipinski definition) is 0. The predicted molar refractivity (Wildman–Crippen MR) is 113 cm³/mol. The van der Waals surface area contributed by atoms with Gasteiger partial charge in [0, 0.05) is 23.0 Å². The van der Waals surface area contributed by atoms with Crippen LogP contribution in [0, 0.1) is 0 Å². The Morgan fingerprint density at radius 2 is 1.76 bits per heavy atom. The van der Waals surface area contributed by atoms with Crippen LogP contribution in [-0.2, 0) is 12.4 Å². The van der Waals surface area contributed by atoms with Crippen LogP contribution in [0.4, 0.5) is 0 Å². The maximum absolute atomic E-state index is 6.12. The molecule has 0 unspecified atom stereocenters. The van der Waals surface area contributed by atoms with Crippen LogP contribution in [0.2, 0.25) is 4.34 Å². The Balaban J connectivity index is 1.56. The SMILES string of the molecule is COc1ccc(OCc2nnc(SCc3nnsc3Cl)n2-c2ccccc2)cc1. The summed E-state index contributed by atoms with van der Waals surface area (Å²) in [5, 5.41) is 13.5. The van der Waals surface area contributed by atoms with Crippen molar-refractivity contribution in [2.45, 2.75) is 17.5 Å². The first-order chi connectivity index (χ1) is 14.2. The number of aromatic nitrogens is 5. The van der Waals surface area contributed by atoms with Gasteiger partial charge in [0.1, 0.15) is 28.1 Å². The summed E-state index contributed by atoms with van der Waals surface area (Å²) in [7, 11) is 1.63. The fourth-order valence-corrected chi connectivity index (χ4v) is 4.26. The molecule has 0 aliphatic heterocycles. The van der Waals surface area contributed by atoms with Crippen LogP contribution in [0.15, 0.2) is 59.8 Å². The van der Waals surface area contributed by atoms with E-state index in [1.165, 1.54) is 23.3 Å². The molecule has 4 rings (SSSR count). The molecule has 0 saturated heterocycles. The summed E-state index contributed by atoms with van der Waals surface area (Å²) in [6.07, 6.45) is 0. The van der Waals surface area contributed by atoms with Crippen molar-refractivity contribution in [2.75, 3.05) is 7.11 Å². The highest BCUT2D eigenvalue weighted by atomic mass is 35.5. The maximum Gasteiger partial charge on any atom is 0.196 e. The molecule has 0 amide bonds. The lowest BCUT2D eigenvalue weighted by Crippen LogP contribution is -2.06.